The highest BCUT2D eigenvalue weighted by Crippen LogP contribution is 2.26. The third-order valence-electron chi connectivity index (χ3n) is 2.70. The van der Waals surface area contributed by atoms with E-state index in [9.17, 15) is 0 Å². The lowest BCUT2D eigenvalue weighted by Crippen LogP contribution is -1.83. The first-order chi connectivity index (χ1) is 8.83. The molecule has 3 rings (SSSR count). The Kier molecular flexibility index (Phi) is 2.57. The first-order valence-electron chi connectivity index (χ1n) is 5.70. The number of oxazole rings is 1. The first kappa shape index (κ1) is 10.6. The molecule has 3 aromatic rings. The SMILES string of the molecule is Nc1cccc(-c2cnc(-c3ccccc3)o2)c1. The quantitative estimate of drug-likeness (QED) is 0.692. The van der Waals surface area contributed by atoms with Crippen LogP contribution in [0, 0.1) is 0 Å². The maximum absolute atomic E-state index is 5.75. The van der Waals surface area contributed by atoms with Gasteiger partial charge in [-0.2, -0.15) is 0 Å². The van der Waals surface area contributed by atoms with Gasteiger partial charge in [-0.25, -0.2) is 4.98 Å². The van der Waals surface area contributed by atoms with E-state index < -0.39 is 0 Å². The Labute approximate surface area is 105 Å². The smallest absolute Gasteiger partial charge is 0.226 e. The zero-order valence-electron chi connectivity index (χ0n) is 9.71. The van der Waals surface area contributed by atoms with Gasteiger partial charge in [-0.05, 0) is 24.3 Å². The molecule has 0 amide bonds. The molecule has 2 aromatic carbocycles. The zero-order chi connectivity index (χ0) is 12.4. The third-order valence-corrected chi connectivity index (χ3v) is 2.70. The fourth-order valence-corrected chi connectivity index (χ4v) is 1.81. The van der Waals surface area contributed by atoms with E-state index in [4.69, 9.17) is 10.2 Å². The second kappa shape index (κ2) is 4.37. The molecule has 1 aromatic heterocycles. The van der Waals surface area contributed by atoms with Crippen molar-refractivity contribution < 1.29 is 4.42 Å². The van der Waals surface area contributed by atoms with Crippen molar-refractivity contribution in [2.24, 2.45) is 0 Å². The summed E-state index contributed by atoms with van der Waals surface area (Å²) in [4.78, 5) is 4.28. The van der Waals surface area contributed by atoms with E-state index in [-0.39, 0.29) is 0 Å². The Morgan fingerprint density at radius 3 is 2.44 bits per heavy atom. The molecule has 0 bridgehead atoms. The normalized spacial score (nSPS) is 10.4. The van der Waals surface area contributed by atoms with E-state index in [0.717, 1.165) is 16.9 Å². The van der Waals surface area contributed by atoms with Crippen LogP contribution in [0.1, 0.15) is 0 Å². The maximum atomic E-state index is 5.75. The summed E-state index contributed by atoms with van der Waals surface area (Å²) >= 11 is 0. The second-order valence-corrected chi connectivity index (χ2v) is 4.02. The van der Waals surface area contributed by atoms with Crippen molar-refractivity contribution in [3.63, 3.8) is 0 Å². The van der Waals surface area contributed by atoms with E-state index in [1.54, 1.807) is 6.20 Å². The molecule has 2 N–H and O–H groups in total. The van der Waals surface area contributed by atoms with Crippen LogP contribution in [0.15, 0.2) is 65.2 Å². The highest BCUT2D eigenvalue weighted by atomic mass is 16.4. The average Bonchev–Trinajstić information content (AvgIpc) is 2.89. The van der Waals surface area contributed by atoms with Crippen LogP contribution in [0.4, 0.5) is 5.69 Å². The summed E-state index contributed by atoms with van der Waals surface area (Å²) < 4.78 is 5.74. The number of rotatable bonds is 2. The molecule has 3 heteroatoms. The van der Waals surface area contributed by atoms with Crippen LogP contribution in [0.5, 0.6) is 0 Å². The van der Waals surface area contributed by atoms with Gasteiger partial charge in [0, 0.05) is 16.8 Å². The molecule has 1 heterocycles. The molecule has 0 aliphatic heterocycles. The molecule has 88 valence electrons. The number of hydrogen-bond donors (Lipinski definition) is 1. The van der Waals surface area contributed by atoms with Gasteiger partial charge < -0.3 is 10.2 Å². The fourth-order valence-electron chi connectivity index (χ4n) is 1.81. The Morgan fingerprint density at radius 2 is 1.67 bits per heavy atom. The number of nitrogen functional groups attached to an aromatic ring is 1. The predicted molar refractivity (Wildman–Crippen MR) is 71.8 cm³/mol. The van der Waals surface area contributed by atoms with E-state index in [0.29, 0.717) is 11.6 Å². The Hall–Kier alpha value is -2.55. The molecule has 0 radical (unpaired) electrons. The monoisotopic (exact) mass is 236 g/mol. The number of aromatic nitrogens is 1. The fraction of sp³-hybridized carbons (Fsp3) is 0. The number of nitrogens with two attached hydrogens (primary N) is 1. The Balaban J connectivity index is 2.00. The molecule has 0 unspecified atom stereocenters. The zero-order valence-corrected chi connectivity index (χ0v) is 9.71. The largest absolute Gasteiger partial charge is 0.436 e. The standard InChI is InChI=1S/C15H12N2O/c16-13-8-4-7-12(9-13)14-10-17-15(18-14)11-5-2-1-3-6-11/h1-10H,16H2. The molecule has 0 aliphatic rings. The summed E-state index contributed by atoms with van der Waals surface area (Å²) in [5, 5.41) is 0. The molecular weight excluding hydrogens is 224 g/mol. The van der Waals surface area contributed by atoms with Crippen molar-refractivity contribution in [3.05, 3.63) is 60.8 Å². The summed E-state index contributed by atoms with van der Waals surface area (Å²) in [5.41, 5.74) is 8.37. The van der Waals surface area contributed by atoms with Crippen LogP contribution in [0.2, 0.25) is 0 Å². The second-order valence-electron chi connectivity index (χ2n) is 4.02. The molecule has 0 spiro atoms. The van der Waals surface area contributed by atoms with Crippen LogP contribution in [-0.4, -0.2) is 4.98 Å². The van der Waals surface area contributed by atoms with Gasteiger partial charge in [0.2, 0.25) is 5.89 Å². The Bertz CT molecular complexity index is 659. The number of benzene rings is 2. The lowest BCUT2D eigenvalue weighted by molar-refractivity contribution is 0.589. The van der Waals surface area contributed by atoms with Gasteiger partial charge in [-0.1, -0.05) is 30.3 Å². The van der Waals surface area contributed by atoms with Gasteiger partial charge >= 0.3 is 0 Å². The highest BCUT2D eigenvalue weighted by molar-refractivity contribution is 5.64. The first-order valence-corrected chi connectivity index (χ1v) is 5.70. The van der Waals surface area contributed by atoms with Gasteiger partial charge in [0.25, 0.3) is 0 Å². The summed E-state index contributed by atoms with van der Waals surface area (Å²) in [6.07, 6.45) is 1.72. The summed E-state index contributed by atoms with van der Waals surface area (Å²) in [7, 11) is 0. The highest BCUT2D eigenvalue weighted by Gasteiger charge is 2.07. The van der Waals surface area contributed by atoms with Crippen LogP contribution in [0.25, 0.3) is 22.8 Å². The average molecular weight is 236 g/mol. The number of hydrogen-bond acceptors (Lipinski definition) is 3. The minimum atomic E-state index is 0.619. The lowest BCUT2D eigenvalue weighted by Gasteiger charge is -1.98. The Morgan fingerprint density at radius 1 is 0.889 bits per heavy atom. The van der Waals surface area contributed by atoms with Gasteiger partial charge in [0.15, 0.2) is 5.76 Å². The van der Waals surface area contributed by atoms with Crippen molar-refractivity contribution >= 4 is 5.69 Å². The van der Waals surface area contributed by atoms with Crippen LogP contribution >= 0.6 is 0 Å². The number of anilines is 1. The van der Waals surface area contributed by atoms with Crippen LogP contribution in [-0.2, 0) is 0 Å². The molecule has 3 nitrogen and oxygen atoms in total. The molecule has 18 heavy (non-hydrogen) atoms. The number of nitrogens with zero attached hydrogens (tertiary/aromatic N) is 1. The molecule has 0 saturated carbocycles. The maximum Gasteiger partial charge on any atom is 0.226 e. The predicted octanol–water partition coefficient (Wildman–Crippen LogP) is 3.59. The summed E-state index contributed by atoms with van der Waals surface area (Å²) in [6, 6.07) is 17.4. The summed E-state index contributed by atoms with van der Waals surface area (Å²) in [5.74, 6) is 1.34. The van der Waals surface area contributed by atoms with E-state index in [1.807, 2.05) is 54.6 Å². The molecule has 0 atom stereocenters. The minimum absolute atomic E-state index is 0.619. The van der Waals surface area contributed by atoms with Crippen LogP contribution in [0.3, 0.4) is 0 Å². The minimum Gasteiger partial charge on any atom is -0.436 e. The van der Waals surface area contributed by atoms with Gasteiger partial charge in [0.05, 0.1) is 6.20 Å². The van der Waals surface area contributed by atoms with Gasteiger partial charge in [-0.15, -0.1) is 0 Å². The van der Waals surface area contributed by atoms with Crippen LogP contribution < -0.4 is 5.73 Å². The van der Waals surface area contributed by atoms with Crippen molar-refractivity contribution in [1.82, 2.24) is 4.98 Å². The van der Waals surface area contributed by atoms with Crippen molar-refractivity contribution in [1.29, 1.82) is 0 Å². The molecular formula is C15H12N2O. The van der Waals surface area contributed by atoms with Gasteiger partial charge in [0.1, 0.15) is 0 Å². The summed E-state index contributed by atoms with van der Waals surface area (Å²) in [6.45, 7) is 0. The van der Waals surface area contributed by atoms with Crippen molar-refractivity contribution in [2.75, 3.05) is 5.73 Å². The molecule has 0 fully saturated rings. The van der Waals surface area contributed by atoms with Crippen molar-refractivity contribution in [2.45, 2.75) is 0 Å². The van der Waals surface area contributed by atoms with E-state index in [1.165, 1.54) is 0 Å². The van der Waals surface area contributed by atoms with E-state index >= 15 is 0 Å². The third kappa shape index (κ3) is 1.98. The molecule has 0 aliphatic carbocycles. The van der Waals surface area contributed by atoms with Gasteiger partial charge in [-0.3, -0.25) is 0 Å². The lowest BCUT2D eigenvalue weighted by atomic mass is 10.2. The molecule has 0 saturated heterocycles. The topological polar surface area (TPSA) is 52.0 Å². The van der Waals surface area contributed by atoms with E-state index in [2.05, 4.69) is 4.98 Å². The van der Waals surface area contributed by atoms with Crippen molar-refractivity contribution in [3.8, 4) is 22.8 Å².